The Morgan fingerprint density at radius 2 is 1.80 bits per heavy atom. The van der Waals surface area contributed by atoms with Crippen LogP contribution in [-0.4, -0.2) is 9.67 Å². The van der Waals surface area contributed by atoms with Crippen LogP contribution in [0.15, 0.2) is 42.6 Å². The van der Waals surface area contributed by atoms with E-state index in [0.717, 1.165) is 12.2 Å². The highest BCUT2D eigenvalue weighted by Gasteiger charge is 2.19. The third-order valence-electron chi connectivity index (χ3n) is 2.94. The minimum Gasteiger partial charge on any atom is -0.380 e. The van der Waals surface area contributed by atoms with Crippen LogP contribution in [0.4, 0.5) is 0 Å². The predicted molar refractivity (Wildman–Crippen MR) is 58.0 cm³/mol. The van der Waals surface area contributed by atoms with E-state index in [2.05, 4.69) is 16.7 Å². The molecule has 2 heterocycles. The summed E-state index contributed by atoms with van der Waals surface area (Å²) >= 11 is 0. The first kappa shape index (κ1) is 8.74. The van der Waals surface area contributed by atoms with Gasteiger partial charge in [-0.1, -0.05) is 24.3 Å². The number of aromatic nitrogens is 1. The quantitative estimate of drug-likeness (QED) is 0.690. The average molecular weight is 198 g/mol. The van der Waals surface area contributed by atoms with Gasteiger partial charge in [-0.15, -0.1) is 0 Å². The number of benzene rings is 1. The van der Waals surface area contributed by atoms with Crippen LogP contribution in [-0.2, 0) is 13.0 Å². The summed E-state index contributed by atoms with van der Waals surface area (Å²) in [6.45, 7) is 0.850. The molecule has 75 valence electrons. The van der Waals surface area contributed by atoms with Crippen LogP contribution in [0.2, 0.25) is 0 Å². The lowest BCUT2D eigenvalue weighted by atomic mass is 10.0. The lowest BCUT2D eigenvalue weighted by Crippen LogP contribution is -2.05. The van der Waals surface area contributed by atoms with Crippen molar-refractivity contribution in [2.75, 3.05) is 0 Å². The summed E-state index contributed by atoms with van der Waals surface area (Å²) in [5.41, 5.74) is 3.45. The SMILES string of the molecule is O[C]1Cc2ccccc2Cn2cccc21. The molecule has 0 atom stereocenters. The van der Waals surface area contributed by atoms with Gasteiger partial charge >= 0.3 is 0 Å². The lowest BCUT2D eigenvalue weighted by molar-refractivity contribution is 0.316. The van der Waals surface area contributed by atoms with Crippen LogP contribution in [0, 0.1) is 6.10 Å². The van der Waals surface area contributed by atoms with Gasteiger partial charge in [0.2, 0.25) is 0 Å². The normalized spacial score (nSPS) is 15.5. The molecule has 2 nitrogen and oxygen atoms in total. The predicted octanol–water partition coefficient (Wildman–Crippen LogP) is 2.35. The van der Waals surface area contributed by atoms with Crippen molar-refractivity contribution in [2.45, 2.75) is 13.0 Å². The van der Waals surface area contributed by atoms with Crippen LogP contribution in [0.25, 0.3) is 0 Å². The zero-order valence-corrected chi connectivity index (χ0v) is 8.35. The van der Waals surface area contributed by atoms with Gasteiger partial charge in [-0.2, -0.15) is 0 Å². The number of fused-ring (bicyclic) bond motifs is 2. The molecular weight excluding hydrogens is 186 g/mol. The molecule has 1 aliphatic heterocycles. The molecule has 1 aromatic carbocycles. The van der Waals surface area contributed by atoms with E-state index in [4.69, 9.17) is 0 Å². The van der Waals surface area contributed by atoms with Gasteiger partial charge in [-0.25, -0.2) is 0 Å². The van der Waals surface area contributed by atoms with Crippen molar-refractivity contribution in [3.63, 3.8) is 0 Å². The van der Waals surface area contributed by atoms with Crippen LogP contribution >= 0.6 is 0 Å². The van der Waals surface area contributed by atoms with Crippen molar-refractivity contribution < 1.29 is 5.11 Å². The van der Waals surface area contributed by atoms with Gasteiger partial charge in [0.15, 0.2) is 0 Å². The zero-order valence-electron chi connectivity index (χ0n) is 8.35. The van der Waals surface area contributed by atoms with Gasteiger partial charge in [0, 0.05) is 19.2 Å². The molecule has 1 aliphatic rings. The third kappa shape index (κ3) is 1.38. The molecule has 1 N–H and O–H groups in total. The molecule has 2 aromatic rings. The number of nitrogens with zero attached hydrogens (tertiary/aromatic N) is 1. The van der Waals surface area contributed by atoms with E-state index in [1.807, 2.05) is 30.5 Å². The second-order valence-corrected chi connectivity index (χ2v) is 3.91. The maximum atomic E-state index is 9.97. The van der Waals surface area contributed by atoms with E-state index >= 15 is 0 Å². The molecule has 0 amide bonds. The van der Waals surface area contributed by atoms with E-state index in [1.165, 1.54) is 11.1 Å². The van der Waals surface area contributed by atoms with E-state index < -0.39 is 0 Å². The molecule has 2 heteroatoms. The second kappa shape index (κ2) is 3.24. The van der Waals surface area contributed by atoms with Crippen molar-refractivity contribution >= 4 is 0 Å². The Balaban J connectivity index is 2.14. The summed E-state index contributed by atoms with van der Waals surface area (Å²) in [4.78, 5) is 0. The first-order valence-corrected chi connectivity index (χ1v) is 5.11. The monoisotopic (exact) mass is 198 g/mol. The van der Waals surface area contributed by atoms with Gasteiger partial charge in [-0.05, 0) is 23.3 Å². The maximum Gasteiger partial charge on any atom is 0.143 e. The topological polar surface area (TPSA) is 25.2 Å². The van der Waals surface area contributed by atoms with E-state index in [-0.39, 0.29) is 0 Å². The fraction of sp³-hybridized carbons (Fsp3) is 0.154. The van der Waals surface area contributed by atoms with Gasteiger partial charge in [0.05, 0.1) is 5.69 Å². The highest BCUT2D eigenvalue weighted by molar-refractivity contribution is 5.36. The highest BCUT2D eigenvalue weighted by atomic mass is 16.3. The molecular formula is C13H12NO. The standard InChI is InChI=1S/C13H12NO/c15-13-8-10-4-1-2-5-11(10)9-14-7-3-6-12(13)14/h1-7,15H,8-9H2. The van der Waals surface area contributed by atoms with Crippen LogP contribution < -0.4 is 0 Å². The van der Waals surface area contributed by atoms with Crippen molar-refractivity contribution in [2.24, 2.45) is 0 Å². The van der Waals surface area contributed by atoms with E-state index in [9.17, 15) is 5.11 Å². The molecule has 3 rings (SSSR count). The van der Waals surface area contributed by atoms with Crippen molar-refractivity contribution in [3.05, 3.63) is 65.5 Å². The smallest absolute Gasteiger partial charge is 0.143 e. The highest BCUT2D eigenvalue weighted by Crippen LogP contribution is 2.25. The lowest BCUT2D eigenvalue weighted by Gasteiger charge is -2.07. The summed E-state index contributed by atoms with van der Waals surface area (Å²) < 4.78 is 2.08. The van der Waals surface area contributed by atoms with Crippen molar-refractivity contribution in [1.82, 2.24) is 4.57 Å². The largest absolute Gasteiger partial charge is 0.380 e. The molecule has 1 radical (unpaired) electrons. The fourth-order valence-electron chi connectivity index (χ4n) is 2.15. The minimum atomic E-state index is 0.463. The Labute approximate surface area is 88.8 Å². The molecule has 15 heavy (non-hydrogen) atoms. The minimum absolute atomic E-state index is 0.463. The Kier molecular flexibility index (Phi) is 1.89. The third-order valence-corrected chi connectivity index (χ3v) is 2.94. The average Bonchev–Trinajstić information content (AvgIpc) is 2.64. The number of rotatable bonds is 0. The number of aliphatic hydroxyl groups excluding tert-OH is 1. The molecule has 1 aromatic heterocycles. The Hall–Kier alpha value is -1.54. The molecule has 0 unspecified atom stereocenters. The van der Waals surface area contributed by atoms with Crippen LogP contribution in [0.1, 0.15) is 16.8 Å². The molecule has 0 aliphatic carbocycles. The number of hydrogen-bond acceptors (Lipinski definition) is 1. The van der Waals surface area contributed by atoms with Gasteiger partial charge < -0.3 is 9.67 Å². The Morgan fingerprint density at radius 1 is 1.00 bits per heavy atom. The van der Waals surface area contributed by atoms with Gasteiger partial charge in [0.1, 0.15) is 6.10 Å². The maximum absolute atomic E-state index is 9.97. The Morgan fingerprint density at radius 3 is 2.67 bits per heavy atom. The summed E-state index contributed by atoms with van der Waals surface area (Å²) in [5, 5.41) is 9.97. The molecule has 0 saturated heterocycles. The Bertz CT molecular complexity index is 487. The summed E-state index contributed by atoms with van der Waals surface area (Å²) in [6, 6.07) is 12.2. The molecule has 0 saturated carbocycles. The number of hydrogen-bond donors (Lipinski definition) is 1. The first-order valence-electron chi connectivity index (χ1n) is 5.11. The fourth-order valence-corrected chi connectivity index (χ4v) is 2.15. The summed E-state index contributed by atoms with van der Waals surface area (Å²) in [5.74, 6) is 0. The molecule has 0 spiro atoms. The van der Waals surface area contributed by atoms with Crippen LogP contribution in [0.5, 0.6) is 0 Å². The number of aliphatic hydroxyl groups is 1. The molecule has 0 bridgehead atoms. The second-order valence-electron chi connectivity index (χ2n) is 3.91. The molecule has 0 fully saturated rings. The van der Waals surface area contributed by atoms with Crippen molar-refractivity contribution in [1.29, 1.82) is 0 Å². The van der Waals surface area contributed by atoms with E-state index in [1.54, 1.807) is 0 Å². The first-order chi connectivity index (χ1) is 7.34. The van der Waals surface area contributed by atoms with Gasteiger partial charge in [-0.3, -0.25) is 0 Å². The van der Waals surface area contributed by atoms with Crippen LogP contribution in [0.3, 0.4) is 0 Å². The van der Waals surface area contributed by atoms with Gasteiger partial charge in [0.25, 0.3) is 0 Å². The summed E-state index contributed by atoms with van der Waals surface area (Å²) in [6.07, 6.45) is 3.11. The summed E-state index contributed by atoms with van der Waals surface area (Å²) in [7, 11) is 0. The van der Waals surface area contributed by atoms with E-state index in [0.29, 0.717) is 12.5 Å². The zero-order chi connectivity index (χ0) is 10.3. The van der Waals surface area contributed by atoms with Crippen molar-refractivity contribution in [3.8, 4) is 0 Å².